The molecule has 0 bridgehead atoms. The van der Waals surface area contributed by atoms with Gasteiger partial charge in [0.1, 0.15) is 16.5 Å². The maximum atomic E-state index is 12.3. The van der Waals surface area contributed by atoms with Crippen LogP contribution >= 0.6 is 24.0 Å². The number of unbranched alkanes of at least 4 members (excludes halogenated alkanes) is 2. The van der Waals surface area contributed by atoms with Crippen LogP contribution in [0.15, 0.2) is 53.4 Å². The Bertz CT molecular complexity index is 989. The number of para-hydroxylation sites is 2. The molecule has 0 atom stereocenters. The number of benzene rings is 2. The topological polar surface area (TPSA) is 78.9 Å². The number of carbonyl (C=O) groups is 2. The van der Waals surface area contributed by atoms with Gasteiger partial charge in [-0.2, -0.15) is 0 Å². The van der Waals surface area contributed by atoms with Gasteiger partial charge in [-0.15, -0.1) is 0 Å². The van der Waals surface area contributed by atoms with Gasteiger partial charge in [0.25, 0.3) is 5.24 Å². The van der Waals surface area contributed by atoms with E-state index < -0.39 is 0 Å². The van der Waals surface area contributed by atoms with Gasteiger partial charge in [0.2, 0.25) is 5.91 Å². The average Bonchev–Trinajstić information content (AvgIpc) is 3.03. The molecule has 0 aromatic heterocycles. The first-order valence-corrected chi connectivity index (χ1v) is 11.2. The summed E-state index contributed by atoms with van der Waals surface area (Å²) in [5.41, 5.74) is 1.37. The first kappa shape index (κ1) is 22.8. The molecule has 0 aliphatic carbocycles. The number of hydrogen-bond acceptors (Lipinski definition) is 6. The molecule has 3 rings (SSSR count). The number of anilines is 1. The minimum atomic E-state index is -0.144. The van der Waals surface area contributed by atoms with Gasteiger partial charge in [0.05, 0.1) is 17.7 Å². The van der Waals surface area contributed by atoms with Crippen LogP contribution in [-0.2, 0) is 4.79 Å². The molecular weight excluding hydrogens is 432 g/mol. The summed E-state index contributed by atoms with van der Waals surface area (Å²) in [6.07, 6.45) is 4.50. The summed E-state index contributed by atoms with van der Waals surface area (Å²) in [5.74, 6) is 0.679. The number of rotatable bonds is 9. The Kier molecular flexibility index (Phi) is 8.08. The summed E-state index contributed by atoms with van der Waals surface area (Å²) in [4.78, 5) is 27.3. The lowest BCUT2D eigenvalue weighted by Gasteiger charge is -2.14. The van der Waals surface area contributed by atoms with E-state index in [-0.39, 0.29) is 16.9 Å². The zero-order valence-corrected chi connectivity index (χ0v) is 18.8. The second kappa shape index (κ2) is 11.0. The second-order valence-corrected chi connectivity index (χ2v) is 8.36. The van der Waals surface area contributed by atoms with Crippen molar-refractivity contribution in [1.29, 1.82) is 0 Å². The maximum Gasteiger partial charge on any atom is 0.291 e. The largest absolute Gasteiger partial charge is 0.506 e. The predicted octanol–water partition coefficient (Wildman–Crippen LogP) is 5.44. The Morgan fingerprint density at radius 3 is 2.61 bits per heavy atom. The summed E-state index contributed by atoms with van der Waals surface area (Å²) < 4.78 is 5.16. The van der Waals surface area contributed by atoms with Gasteiger partial charge in [-0.05, 0) is 60.5 Å². The van der Waals surface area contributed by atoms with Crippen molar-refractivity contribution in [1.82, 2.24) is 4.90 Å². The third-order valence-electron chi connectivity index (χ3n) is 4.75. The molecule has 2 aromatic rings. The molecule has 162 valence electrons. The van der Waals surface area contributed by atoms with Gasteiger partial charge < -0.3 is 15.2 Å². The number of phenolic OH excluding ortho intramolecular Hbond substituents is 1. The van der Waals surface area contributed by atoms with E-state index in [2.05, 4.69) is 5.32 Å². The Labute approximate surface area is 191 Å². The fourth-order valence-corrected chi connectivity index (χ4v) is 4.36. The minimum Gasteiger partial charge on any atom is -0.506 e. The Hall–Kier alpha value is -2.84. The van der Waals surface area contributed by atoms with Gasteiger partial charge in [0.15, 0.2) is 0 Å². The van der Waals surface area contributed by atoms with Gasteiger partial charge in [-0.3, -0.25) is 14.5 Å². The van der Waals surface area contributed by atoms with Crippen LogP contribution in [-0.4, -0.2) is 39.8 Å². The van der Waals surface area contributed by atoms with E-state index in [9.17, 15) is 14.7 Å². The van der Waals surface area contributed by atoms with Gasteiger partial charge in [-0.25, -0.2) is 0 Å². The molecule has 2 amide bonds. The highest BCUT2D eigenvalue weighted by molar-refractivity contribution is 8.19. The highest BCUT2D eigenvalue weighted by Gasteiger charge is 2.31. The smallest absolute Gasteiger partial charge is 0.291 e. The monoisotopic (exact) mass is 456 g/mol. The van der Waals surface area contributed by atoms with Crippen molar-refractivity contribution >= 4 is 51.9 Å². The molecule has 1 aliphatic rings. The fraction of sp³-hybridized carbons (Fsp3) is 0.261. The number of methoxy groups -OCH3 is 1. The summed E-state index contributed by atoms with van der Waals surface area (Å²) in [7, 11) is 1.62. The molecule has 1 fully saturated rings. The third kappa shape index (κ3) is 6.32. The lowest BCUT2D eigenvalue weighted by molar-refractivity contribution is -0.116. The quantitative estimate of drug-likeness (QED) is 0.226. The van der Waals surface area contributed by atoms with Crippen molar-refractivity contribution in [2.75, 3.05) is 19.0 Å². The van der Waals surface area contributed by atoms with Crippen LogP contribution < -0.4 is 10.1 Å². The lowest BCUT2D eigenvalue weighted by Crippen LogP contribution is -2.28. The highest BCUT2D eigenvalue weighted by Crippen LogP contribution is 2.33. The van der Waals surface area contributed by atoms with E-state index in [4.69, 9.17) is 17.0 Å². The molecule has 1 heterocycles. The van der Waals surface area contributed by atoms with Gasteiger partial charge in [0, 0.05) is 13.0 Å². The molecule has 8 heteroatoms. The van der Waals surface area contributed by atoms with Crippen LogP contribution in [0.25, 0.3) is 6.08 Å². The number of hydrogen-bond donors (Lipinski definition) is 2. The van der Waals surface area contributed by atoms with Crippen LogP contribution in [0.1, 0.15) is 31.2 Å². The summed E-state index contributed by atoms with van der Waals surface area (Å²) in [5, 5.41) is 12.3. The van der Waals surface area contributed by atoms with Gasteiger partial charge >= 0.3 is 0 Å². The van der Waals surface area contributed by atoms with Crippen molar-refractivity contribution in [3.63, 3.8) is 0 Å². The number of nitrogens with one attached hydrogen (secondary N) is 1. The normalized spacial score (nSPS) is 14.9. The van der Waals surface area contributed by atoms with Gasteiger partial charge in [-0.1, -0.05) is 42.9 Å². The van der Waals surface area contributed by atoms with E-state index in [1.807, 2.05) is 30.3 Å². The minimum absolute atomic E-state index is 0.0490. The zero-order valence-electron chi connectivity index (χ0n) is 17.2. The second-order valence-electron chi connectivity index (χ2n) is 6.98. The van der Waals surface area contributed by atoms with Crippen molar-refractivity contribution in [2.45, 2.75) is 25.7 Å². The SMILES string of the molecule is COc1ccc(/C=C2/SC(=O)N(CCCCCC(=O)Nc3ccccc3O)C2=S)cc1. The third-order valence-corrected chi connectivity index (χ3v) is 6.25. The number of thioether (sulfide) groups is 1. The van der Waals surface area contributed by atoms with Crippen molar-refractivity contribution in [2.24, 2.45) is 0 Å². The van der Waals surface area contributed by atoms with Crippen LogP contribution in [0.2, 0.25) is 0 Å². The molecule has 0 saturated carbocycles. The van der Waals surface area contributed by atoms with Crippen LogP contribution in [0.5, 0.6) is 11.5 Å². The van der Waals surface area contributed by atoms with E-state index in [0.717, 1.165) is 40.8 Å². The molecule has 2 aromatic carbocycles. The maximum absolute atomic E-state index is 12.3. The first-order valence-electron chi connectivity index (χ1n) is 9.95. The number of carbonyl (C=O) groups excluding carboxylic acids is 2. The average molecular weight is 457 g/mol. The highest BCUT2D eigenvalue weighted by atomic mass is 32.2. The summed E-state index contributed by atoms with van der Waals surface area (Å²) >= 11 is 6.64. The number of amides is 2. The van der Waals surface area contributed by atoms with E-state index in [1.54, 1.807) is 30.2 Å². The number of thiocarbonyl (C=S) groups is 1. The van der Waals surface area contributed by atoms with E-state index in [1.165, 1.54) is 6.07 Å². The fourth-order valence-electron chi connectivity index (χ4n) is 3.07. The Balaban J connectivity index is 1.42. The summed E-state index contributed by atoms with van der Waals surface area (Å²) in [6.45, 7) is 0.533. The Morgan fingerprint density at radius 2 is 1.90 bits per heavy atom. The lowest BCUT2D eigenvalue weighted by atomic mass is 10.1. The first-order chi connectivity index (χ1) is 15.0. The molecule has 0 spiro atoms. The van der Waals surface area contributed by atoms with Crippen molar-refractivity contribution in [3.05, 3.63) is 59.0 Å². The van der Waals surface area contributed by atoms with Crippen LogP contribution in [0.3, 0.4) is 0 Å². The van der Waals surface area contributed by atoms with Crippen LogP contribution in [0, 0.1) is 0 Å². The number of ether oxygens (including phenoxy) is 1. The van der Waals surface area contributed by atoms with E-state index >= 15 is 0 Å². The standard InChI is InChI=1S/C23H24N2O4S2/c1-29-17-12-10-16(11-13-17)15-20-22(30)25(23(28)31-20)14-6-2-3-9-21(27)24-18-7-4-5-8-19(18)26/h4-5,7-8,10-13,15,26H,2-3,6,9,14H2,1H3,(H,24,27)/b20-15+. The molecule has 6 nitrogen and oxygen atoms in total. The van der Waals surface area contributed by atoms with E-state index in [0.29, 0.717) is 30.1 Å². The molecule has 1 saturated heterocycles. The number of nitrogens with zero attached hydrogens (tertiary/aromatic N) is 1. The Morgan fingerprint density at radius 1 is 1.16 bits per heavy atom. The van der Waals surface area contributed by atoms with Crippen LogP contribution in [0.4, 0.5) is 10.5 Å². The summed E-state index contributed by atoms with van der Waals surface area (Å²) in [6, 6.07) is 14.2. The zero-order chi connectivity index (χ0) is 22.2. The molecule has 1 aliphatic heterocycles. The molecule has 2 N–H and O–H groups in total. The van der Waals surface area contributed by atoms with Crippen molar-refractivity contribution < 1.29 is 19.4 Å². The molecular formula is C23H24N2O4S2. The van der Waals surface area contributed by atoms with Crippen molar-refractivity contribution in [3.8, 4) is 11.5 Å². The number of phenols is 1. The molecule has 0 unspecified atom stereocenters. The molecule has 31 heavy (non-hydrogen) atoms. The number of aromatic hydroxyl groups is 1. The predicted molar refractivity (Wildman–Crippen MR) is 128 cm³/mol. The molecule has 0 radical (unpaired) electrons.